The highest BCUT2D eigenvalue weighted by atomic mass is 127. The SMILES string of the molecule is CN(C)C(=O)CN=C(NC1CCS(=O)(=O)C1)NC1CC2CCC1C2.I. The summed E-state index contributed by atoms with van der Waals surface area (Å²) in [7, 11) is 0.471. The topological polar surface area (TPSA) is 90.9 Å². The molecule has 0 spiro atoms. The van der Waals surface area contributed by atoms with Gasteiger partial charge in [0.15, 0.2) is 15.8 Å². The molecule has 1 saturated heterocycles. The monoisotopic (exact) mass is 484 g/mol. The first kappa shape index (κ1) is 20.7. The number of guanidine groups is 1. The first-order valence-electron chi connectivity index (χ1n) is 8.80. The Morgan fingerprint density at radius 3 is 2.44 bits per heavy atom. The summed E-state index contributed by atoms with van der Waals surface area (Å²) in [5, 5.41) is 6.71. The van der Waals surface area contributed by atoms with E-state index >= 15 is 0 Å². The Balaban J connectivity index is 0.00000225. The Kier molecular flexibility index (Phi) is 6.97. The minimum Gasteiger partial charge on any atom is -0.353 e. The maximum absolute atomic E-state index is 11.8. The molecule has 4 unspecified atom stereocenters. The molecule has 1 heterocycles. The van der Waals surface area contributed by atoms with E-state index in [0.717, 1.165) is 12.3 Å². The lowest BCUT2D eigenvalue weighted by atomic mass is 9.95. The van der Waals surface area contributed by atoms with Crippen LogP contribution in [0.3, 0.4) is 0 Å². The van der Waals surface area contributed by atoms with Crippen LogP contribution >= 0.6 is 24.0 Å². The molecule has 9 heteroatoms. The number of hydrogen-bond donors (Lipinski definition) is 2. The van der Waals surface area contributed by atoms with Gasteiger partial charge in [-0.2, -0.15) is 0 Å². The molecule has 2 aliphatic carbocycles. The van der Waals surface area contributed by atoms with E-state index in [1.54, 1.807) is 14.1 Å². The number of carbonyl (C=O) groups is 1. The lowest BCUT2D eigenvalue weighted by Crippen LogP contribution is -2.49. The number of aliphatic imine (C=N–C) groups is 1. The molecule has 2 saturated carbocycles. The second-order valence-electron chi connectivity index (χ2n) is 7.62. The molecular weight excluding hydrogens is 455 g/mol. The van der Waals surface area contributed by atoms with Crippen LogP contribution in [-0.4, -0.2) is 69.4 Å². The van der Waals surface area contributed by atoms with E-state index < -0.39 is 9.84 Å². The van der Waals surface area contributed by atoms with E-state index in [1.807, 2.05) is 0 Å². The second kappa shape index (κ2) is 8.41. The smallest absolute Gasteiger partial charge is 0.243 e. The van der Waals surface area contributed by atoms with Crippen LogP contribution in [0.15, 0.2) is 4.99 Å². The number of likely N-dealkylation sites (N-methyl/N-ethyl adjacent to an activating group) is 1. The molecule has 0 aromatic carbocycles. The Labute approximate surface area is 167 Å². The third kappa shape index (κ3) is 5.45. The molecule has 1 aliphatic heterocycles. The van der Waals surface area contributed by atoms with Gasteiger partial charge in [0.05, 0.1) is 11.5 Å². The fraction of sp³-hybridized carbons (Fsp3) is 0.875. The third-order valence-electron chi connectivity index (χ3n) is 5.50. The number of nitrogens with zero attached hydrogens (tertiary/aromatic N) is 2. The maximum atomic E-state index is 11.8. The van der Waals surface area contributed by atoms with Gasteiger partial charge in [0.1, 0.15) is 6.54 Å². The van der Waals surface area contributed by atoms with E-state index in [4.69, 9.17) is 0 Å². The largest absolute Gasteiger partial charge is 0.353 e. The first-order chi connectivity index (χ1) is 11.3. The molecule has 3 rings (SSSR count). The predicted molar refractivity (Wildman–Crippen MR) is 109 cm³/mol. The van der Waals surface area contributed by atoms with Crippen molar-refractivity contribution >= 4 is 45.7 Å². The normalized spacial score (nSPS) is 33.0. The maximum Gasteiger partial charge on any atom is 0.243 e. The molecular formula is C16H29IN4O3S. The Morgan fingerprint density at radius 2 is 1.92 bits per heavy atom. The van der Waals surface area contributed by atoms with Crippen LogP contribution in [-0.2, 0) is 14.6 Å². The molecule has 7 nitrogen and oxygen atoms in total. The van der Waals surface area contributed by atoms with Crippen LogP contribution in [0, 0.1) is 11.8 Å². The number of carbonyl (C=O) groups excluding carboxylic acids is 1. The Hall–Kier alpha value is -0.580. The van der Waals surface area contributed by atoms with E-state index in [1.165, 1.54) is 24.2 Å². The lowest BCUT2D eigenvalue weighted by Gasteiger charge is -2.26. The van der Waals surface area contributed by atoms with Crippen molar-refractivity contribution in [1.29, 1.82) is 0 Å². The number of halogens is 1. The number of amides is 1. The van der Waals surface area contributed by atoms with Crippen LogP contribution in [0.4, 0.5) is 0 Å². The number of fused-ring (bicyclic) bond motifs is 2. The molecule has 0 aromatic rings. The zero-order chi connectivity index (χ0) is 17.3. The molecule has 4 atom stereocenters. The minimum atomic E-state index is -2.94. The average Bonchev–Trinajstić information content (AvgIpc) is 3.20. The van der Waals surface area contributed by atoms with E-state index in [0.29, 0.717) is 24.3 Å². The summed E-state index contributed by atoms with van der Waals surface area (Å²) in [4.78, 5) is 17.7. The van der Waals surface area contributed by atoms with E-state index in [2.05, 4.69) is 15.6 Å². The van der Waals surface area contributed by atoms with Crippen molar-refractivity contribution in [3.8, 4) is 0 Å². The van der Waals surface area contributed by atoms with Gasteiger partial charge in [-0.1, -0.05) is 6.42 Å². The Bertz CT molecular complexity index is 623. The van der Waals surface area contributed by atoms with Crippen molar-refractivity contribution in [2.24, 2.45) is 16.8 Å². The van der Waals surface area contributed by atoms with Gasteiger partial charge in [-0.05, 0) is 37.5 Å². The first-order valence-corrected chi connectivity index (χ1v) is 10.6. The quantitative estimate of drug-likeness (QED) is 0.347. The molecule has 1 amide bonds. The summed E-state index contributed by atoms with van der Waals surface area (Å²) >= 11 is 0. The van der Waals surface area contributed by atoms with Crippen LogP contribution in [0.1, 0.15) is 32.1 Å². The molecule has 2 bridgehead atoms. The van der Waals surface area contributed by atoms with Crippen molar-refractivity contribution in [2.45, 2.75) is 44.2 Å². The third-order valence-corrected chi connectivity index (χ3v) is 7.27. The number of hydrogen-bond acceptors (Lipinski definition) is 4. The predicted octanol–water partition coefficient (Wildman–Crippen LogP) is 0.604. The fourth-order valence-corrected chi connectivity index (χ4v) is 5.79. The van der Waals surface area contributed by atoms with Crippen LogP contribution in [0.25, 0.3) is 0 Å². The van der Waals surface area contributed by atoms with Crippen molar-refractivity contribution in [3.05, 3.63) is 0 Å². The number of nitrogens with one attached hydrogen (secondary N) is 2. The standard InChI is InChI=1S/C16H28N4O3S.HI/c1-20(2)15(21)9-17-16(18-13-5-6-24(22,23)10-13)19-14-8-11-3-4-12(14)7-11;/h11-14H,3-10H2,1-2H3,(H2,17,18,19);1H. The molecule has 25 heavy (non-hydrogen) atoms. The summed E-state index contributed by atoms with van der Waals surface area (Å²) in [6.07, 6.45) is 5.60. The van der Waals surface area contributed by atoms with Crippen molar-refractivity contribution in [1.82, 2.24) is 15.5 Å². The van der Waals surface area contributed by atoms with Gasteiger partial charge in [-0.15, -0.1) is 24.0 Å². The molecule has 0 aromatic heterocycles. The highest BCUT2D eigenvalue weighted by molar-refractivity contribution is 14.0. The summed E-state index contributed by atoms with van der Waals surface area (Å²) in [5.74, 6) is 2.38. The summed E-state index contributed by atoms with van der Waals surface area (Å²) < 4.78 is 23.3. The van der Waals surface area contributed by atoms with Gasteiger partial charge in [-0.3, -0.25) is 4.79 Å². The van der Waals surface area contributed by atoms with Gasteiger partial charge in [0.25, 0.3) is 0 Å². The van der Waals surface area contributed by atoms with Gasteiger partial charge in [0, 0.05) is 26.2 Å². The average molecular weight is 484 g/mol. The van der Waals surface area contributed by atoms with Crippen molar-refractivity contribution < 1.29 is 13.2 Å². The summed E-state index contributed by atoms with van der Waals surface area (Å²) in [6, 6.07) is 0.275. The van der Waals surface area contributed by atoms with E-state index in [-0.39, 0.29) is 54.0 Å². The highest BCUT2D eigenvalue weighted by Gasteiger charge is 2.40. The van der Waals surface area contributed by atoms with Crippen LogP contribution in [0.2, 0.25) is 0 Å². The van der Waals surface area contributed by atoms with Crippen LogP contribution < -0.4 is 10.6 Å². The zero-order valence-corrected chi connectivity index (χ0v) is 18.0. The van der Waals surface area contributed by atoms with Gasteiger partial charge >= 0.3 is 0 Å². The lowest BCUT2D eigenvalue weighted by molar-refractivity contribution is -0.127. The fourth-order valence-electron chi connectivity index (χ4n) is 4.12. The summed E-state index contributed by atoms with van der Waals surface area (Å²) in [6.45, 7) is 0.0720. The molecule has 144 valence electrons. The molecule has 2 N–H and O–H groups in total. The number of sulfone groups is 1. The molecule has 3 aliphatic rings. The minimum absolute atomic E-state index is 0. The molecule has 3 fully saturated rings. The van der Waals surface area contributed by atoms with Crippen molar-refractivity contribution in [3.63, 3.8) is 0 Å². The van der Waals surface area contributed by atoms with E-state index in [9.17, 15) is 13.2 Å². The van der Waals surface area contributed by atoms with Crippen LogP contribution in [0.5, 0.6) is 0 Å². The van der Waals surface area contributed by atoms with Crippen molar-refractivity contribution in [2.75, 3.05) is 32.1 Å². The highest BCUT2D eigenvalue weighted by Crippen LogP contribution is 2.44. The van der Waals surface area contributed by atoms with Gasteiger partial charge in [0.2, 0.25) is 5.91 Å². The Morgan fingerprint density at radius 1 is 1.16 bits per heavy atom. The van der Waals surface area contributed by atoms with Gasteiger partial charge in [-0.25, -0.2) is 13.4 Å². The number of rotatable bonds is 4. The zero-order valence-electron chi connectivity index (χ0n) is 14.9. The van der Waals surface area contributed by atoms with Gasteiger partial charge < -0.3 is 15.5 Å². The summed E-state index contributed by atoms with van der Waals surface area (Å²) in [5.41, 5.74) is 0. The molecule has 0 radical (unpaired) electrons. The second-order valence-corrected chi connectivity index (χ2v) is 9.85.